The lowest BCUT2D eigenvalue weighted by molar-refractivity contribution is 0.123. The van der Waals surface area contributed by atoms with Crippen molar-refractivity contribution in [3.8, 4) is 0 Å². The molecule has 1 saturated heterocycles. The SMILES string of the molecule is CCc1nnc(Nc2ccc(N3CCOCC3)c3nonc23)s1. The molecule has 0 aliphatic carbocycles. The van der Waals surface area contributed by atoms with Gasteiger partial charge in [0.2, 0.25) is 5.13 Å². The number of anilines is 3. The van der Waals surface area contributed by atoms with Crippen molar-refractivity contribution in [2.75, 3.05) is 36.5 Å². The molecule has 0 atom stereocenters. The molecule has 3 aromatic rings. The Hall–Kier alpha value is -2.26. The number of aromatic nitrogens is 4. The van der Waals surface area contributed by atoms with E-state index in [1.165, 1.54) is 11.3 Å². The minimum absolute atomic E-state index is 0.697. The van der Waals surface area contributed by atoms with Gasteiger partial charge in [0.25, 0.3) is 0 Å². The first-order chi connectivity index (χ1) is 11.3. The number of benzene rings is 1. The number of nitrogens with zero attached hydrogens (tertiary/aromatic N) is 5. The van der Waals surface area contributed by atoms with E-state index in [-0.39, 0.29) is 0 Å². The number of nitrogens with one attached hydrogen (secondary N) is 1. The monoisotopic (exact) mass is 332 g/mol. The Labute approximate surface area is 136 Å². The van der Waals surface area contributed by atoms with E-state index < -0.39 is 0 Å². The first-order valence-corrected chi connectivity index (χ1v) is 8.34. The van der Waals surface area contributed by atoms with Crippen molar-refractivity contribution in [1.82, 2.24) is 20.5 Å². The lowest BCUT2D eigenvalue weighted by atomic mass is 10.2. The Morgan fingerprint density at radius 3 is 2.78 bits per heavy atom. The molecular formula is C14H16N6O2S. The zero-order valence-electron chi connectivity index (χ0n) is 12.7. The number of hydrogen-bond donors (Lipinski definition) is 1. The van der Waals surface area contributed by atoms with Crippen LogP contribution in [0.2, 0.25) is 0 Å². The molecule has 2 aromatic heterocycles. The van der Waals surface area contributed by atoms with Crippen LogP contribution in [0.1, 0.15) is 11.9 Å². The molecule has 0 amide bonds. The minimum Gasteiger partial charge on any atom is -0.378 e. The van der Waals surface area contributed by atoms with Crippen LogP contribution in [0.25, 0.3) is 11.0 Å². The summed E-state index contributed by atoms with van der Waals surface area (Å²) in [6, 6.07) is 4.01. The van der Waals surface area contributed by atoms with E-state index in [2.05, 4.69) is 37.7 Å². The summed E-state index contributed by atoms with van der Waals surface area (Å²) in [6.45, 7) is 5.17. The van der Waals surface area contributed by atoms with Crippen molar-refractivity contribution in [3.63, 3.8) is 0 Å². The van der Waals surface area contributed by atoms with E-state index >= 15 is 0 Å². The number of hydrogen-bond acceptors (Lipinski definition) is 9. The Morgan fingerprint density at radius 2 is 2.00 bits per heavy atom. The second-order valence-corrected chi connectivity index (χ2v) is 6.23. The van der Waals surface area contributed by atoms with Crippen LogP contribution in [0.15, 0.2) is 16.8 Å². The van der Waals surface area contributed by atoms with Crippen LogP contribution in [0.5, 0.6) is 0 Å². The van der Waals surface area contributed by atoms with Gasteiger partial charge in [-0.2, -0.15) is 0 Å². The van der Waals surface area contributed by atoms with Gasteiger partial charge in [0.1, 0.15) is 5.01 Å². The minimum atomic E-state index is 0.697. The molecule has 1 aliphatic rings. The van der Waals surface area contributed by atoms with E-state index in [9.17, 15) is 0 Å². The van der Waals surface area contributed by atoms with Gasteiger partial charge in [-0.3, -0.25) is 0 Å². The number of ether oxygens (including phenoxy) is 1. The van der Waals surface area contributed by atoms with Crippen molar-refractivity contribution >= 4 is 38.9 Å². The number of aryl methyl sites for hydroxylation is 1. The van der Waals surface area contributed by atoms with E-state index in [1.807, 2.05) is 12.1 Å². The summed E-state index contributed by atoms with van der Waals surface area (Å²) in [7, 11) is 0. The predicted octanol–water partition coefficient (Wildman–Crippen LogP) is 2.22. The van der Waals surface area contributed by atoms with Crippen molar-refractivity contribution in [2.45, 2.75) is 13.3 Å². The molecular weight excluding hydrogens is 316 g/mol. The highest BCUT2D eigenvalue weighted by Crippen LogP contribution is 2.32. The highest BCUT2D eigenvalue weighted by Gasteiger charge is 2.19. The molecule has 9 heteroatoms. The first kappa shape index (κ1) is 14.3. The summed E-state index contributed by atoms with van der Waals surface area (Å²) in [4.78, 5) is 2.24. The van der Waals surface area contributed by atoms with Gasteiger partial charge in [-0.1, -0.05) is 18.3 Å². The van der Waals surface area contributed by atoms with Crippen LogP contribution in [0.3, 0.4) is 0 Å². The van der Waals surface area contributed by atoms with Crippen molar-refractivity contribution in [2.24, 2.45) is 0 Å². The summed E-state index contributed by atoms with van der Waals surface area (Å²) in [5, 5.41) is 21.4. The number of fused-ring (bicyclic) bond motifs is 1. The molecule has 1 N–H and O–H groups in total. The largest absolute Gasteiger partial charge is 0.378 e. The molecule has 1 aromatic carbocycles. The van der Waals surface area contributed by atoms with Gasteiger partial charge in [0.05, 0.1) is 24.6 Å². The fourth-order valence-corrected chi connectivity index (χ4v) is 3.27. The van der Waals surface area contributed by atoms with Crippen LogP contribution >= 0.6 is 11.3 Å². The van der Waals surface area contributed by atoms with E-state index in [0.717, 1.165) is 59.8 Å². The summed E-state index contributed by atoms with van der Waals surface area (Å²) < 4.78 is 10.4. The zero-order valence-corrected chi connectivity index (χ0v) is 13.5. The highest BCUT2D eigenvalue weighted by molar-refractivity contribution is 7.15. The van der Waals surface area contributed by atoms with Crippen molar-refractivity contribution < 1.29 is 9.37 Å². The second kappa shape index (κ2) is 6.09. The molecule has 120 valence electrons. The van der Waals surface area contributed by atoms with Gasteiger partial charge < -0.3 is 15.0 Å². The second-order valence-electron chi connectivity index (χ2n) is 5.17. The fourth-order valence-electron chi connectivity index (χ4n) is 2.58. The van der Waals surface area contributed by atoms with Crippen LogP contribution in [-0.4, -0.2) is 46.8 Å². The lowest BCUT2D eigenvalue weighted by Gasteiger charge is -2.28. The molecule has 8 nitrogen and oxygen atoms in total. The molecule has 0 saturated carbocycles. The predicted molar refractivity (Wildman–Crippen MR) is 87.4 cm³/mol. The van der Waals surface area contributed by atoms with Gasteiger partial charge >= 0.3 is 0 Å². The van der Waals surface area contributed by atoms with Crippen LogP contribution in [-0.2, 0) is 11.2 Å². The van der Waals surface area contributed by atoms with Crippen LogP contribution in [0, 0.1) is 0 Å². The number of morpholine rings is 1. The molecule has 4 rings (SSSR count). The van der Waals surface area contributed by atoms with Gasteiger partial charge in [0, 0.05) is 13.1 Å². The zero-order chi connectivity index (χ0) is 15.6. The fraction of sp³-hybridized carbons (Fsp3) is 0.429. The molecule has 1 aliphatic heterocycles. The normalized spacial score (nSPS) is 15.3. The maximum atomic E-state index is 5.40. The van der Waals surface area contributed by atoms with Crippen LogP contribution < -0.4 is 10.2 Å². The standard InChI is InChI=1S/C14H16N6O2S/c1-2-11-16-17-14(23-11)15-9-3-4-10(13-12(9)18-22-19-13)20-5-7-21-8-6-20/h3-4H,2,5-8H2,1H3,(H,15,17). The van der Waals surface area contributed by atoms with Crippen molar-refractivity contribution in [3.05, 3.63) is 17.1 Å². The lowest BCUT2D eigenvalue weighted by Crippen LogP contribution is -2.36. The van der Waals surface area contributed by atoms with E-state index in [1.54, 1.807) is 0 Å². The summed E-state index contributed by atoms with van der Waals surface area (Å²) in [5.74, 6) is 0. The van der Waals surface area contributed by atoms with Crippen molar-refractivity contribution in [1.29, 1.82) is 0 Å². The molecule has 0 radical (unpaired) electrons. The summed E-state index contributed by atoms with van der Waals surface area (Å²) in [6.07, 6.45) is 0.871. The Kier molecular flexibility index (Phi) is 3.80. The topological polar surface area (TPSA) is 89.2 Å². The molecule has 0 spiro atoms. The Balaban J connectivity index is 1.67. The Bertz CT molecular complexity index is 811. The first-order valence-electron chi connectivity index (χ1n) is 7.52. The number of rotatable bonds is 4. The van der Waals surface area contributed by atoms with Gasteiger partial charge in [-0.05, 0) is 28.9 Å². The highest BCUT2D eigenvalue weighted by atomic mass is 32.1. The quantitative estimate of drug-likeness (QED) is 0.778. The molecule has 23 heavy (non-hydrogen) atoms. The van der Waals surface area contributed by atoms with Gasteiger partial charge in [-0.15, -0.1) is 10.2 Å². The maximum absolute atomic E-state index is 5.40. The smallest absolute Gasteiger partial charge is 0.210 e. The average molecular weight is 332 g/mol. The average Bonchev–Trinajstić information content (AvgIpc) is 3.25. The third-order valence-corrected chi connectivity index (χ3v) is 4.74. The van der Waals surface area contributed by atoms with Crippen LogP contribution in [0.4, 0.5) is 16.5 Å². The van der Waals surface area contributed by atoms with E-state index in [0.29, 0.717) is 5.52 Å². The summed E-state index contributed by atoms with van der Waals surface area (Å²) >= 11 is 1.53. The molecule has 1 fully saturated rings. The van der Waals surface area contributed by atoms with E-state index in [4.69, 9.17) is 9.37 Å². The van der Waals surface area contributed by atoms with Gasteiger partial charge in [0.15, 0.2) is 11.0 Å². The summed E-state index contributed by atoms with van der Waals surface area (Å²) in [5.41, 5.74) is 3.28. The van der Waals surface area contributed by atoms with Gasteiger partial charge in [-0.25, -0.2) is 4.63 Å². The third-order valence-electron chi connectivity index (χ3n) is 3.76. The molecule has 3 heterocycles. The molecule has 0 bridgehead atoms. The molecule has 0 unspecified atom stereocenters. The maximum Gasteiger partial charge on any atom is 0.210 e. The third kappa shape index (κ3) is 2.73. The Morgan fingerprint density at radius 1 is 1.17 bits per heavy atom.